The van der Waals surface area contributed by atoms with Gasteiger partial charge in [0.25, 0.3) is 11.8 Å². The fraction of sp³-hybridized carbons (Fsp3) is 0.300. The summed E-state index contributed by atoms with van der Waals surface area (Å²) in [5, 5.41) is 0. The van der Waals surface area contributed by atoms with Crippen LogP contribution in [0.4, 0.5) is 4.39 Å². The van der Waals surface area contributed by atoms with Gasteiger partial charge in [0.05, 0.1) is 13.7 Å². The number of halogens is 1. The quantitative estimate of drug-likeness (QED) is 0.349. The van der Waals surface area contributed by atoms with Crippen molar-refractivity contribution < 1.29 is 36.6 Å². The van der Waals surface area contributed by atoms with Crippen LogP contribution in [0.1, 0.15) is 17.3 Å². The molecular formula is C20H24FN3O7S. The van der Waals surface area contributed by atoms with Crippen LogP contribution in [0.25, 0.3) is 0 Å². The molecule has 0 radical (unpaired) electrons. The molecule has 2 rings (SSSR count). The molecule has 32 heavy (non-hydrogen) atoms. The van der Waals surface area contributed by atoms with Gasteiger partial charge in [0.1, 0.15) is 10.6 Å². The van der Waals surface area contributed by atoms with Crippen LogP contribution < -0.4 is 25.0 Å². The third-order valence-electron chi connectivity index (χ3n) is 4.12. The predicted octanol–water partition coefficient (Wildman–Crippen LogP) is 0.988. The highest BCUT2D eigenvalue weighted by Crippen LogP contribution is 2.24. The maximum absolute atomic E-state index is 13.6. The van der Waals surface area contributed by atoms with Crippen LogP contribution in [0.5, 0.6) is 11.5 Å². The Balaban J connectivity index is 2.06. The lowest BCUT2D eigenvalue weighted by molar-refractivity contribution is -0.128. The number of carbonyl (C=O) groups excluding carboxylic acids is 2. The predicted molar refractivity (Wildman–Crippen MR) is 112 cm³/mol. The Morgan fingerprint density at radius 3 is 2.44 bits per heavy atom. The molecule has 174 valence electrons. The number of hydrogen-bond acceptors (Lipinski definition) is 7. The molecule has 0 saturated carbocycles. The van der Waals surface area contributed by atoms with E-state index in [1.165, 1.54) is 51.5 Å². The highest BCUT2D eigenvalue weighted by molar-refractivity contribution is 7.89. The van der Waals surface area contributed by atoms with Gasteiger partial charge in [-0.3, -0.25) is 20.4 Å². The van der Waals surface area contributed by atoms with Gasteiger partial charge < -0.3 is 14.2 Å². The van der Waals surface area contributed by atoms with Gasteiger partial charge >= 0.3 is 0 Å². The van der Waals surface area contributed by atoms with E-state index in [1.54, 1.807) is 6.07 Å². The Morgan fingerprint density at radius 2 is 1.78 bits per heavy atom. The van der Waals surface area contributed by atoms with Crippen molar-refractivity contribution in [3.05, 3.63) is 53.8 Å². The summed E-state index contributed by atoms with van der Waals surface area (Å²) in [7, 11) is -1.27. The second kappa shape index (κ2) is 11.4. The second-order valence-electron chi connectivity index (χ2n) is 6.39. The monoisotopic (exact) mass is 469 g/mol. The van der Waals surface area contributed by atoms with Crippen LogP contribution in [-0.2, 0) is 19.6 Å². The van der Waals surface area contributed by atoms with Crippen LogP contribution in [0.15, 0.2) is 47.4 Å². The minimum Gasteiger partial charge on any atom is -0.495 e. The van der Waals surface area contributed by atoms with Crippen molar-refractivity contribution in [2.24, 2.45) is 0 Å². The molecule has 2 aromatic carbocycles. The maximum atomic E-state index is 13.6. The lowest BCUT2D eigenvalue weighted by Crippen LogP contribution is -2.47. The highest BCUT2D eigenvalue weighted by Gasteiger charge is 2.22. The molecule has 0 aromatic heterocycles. The lowest BCUT2D eigenvalue weighted by Gasteiger charge is -2.16. The molecule has 0 saturated heterocycles. The van der Waals surface area contributed by atoms with E-state index in [9.17, 15) is 22.4 Å². The SMILES string of the molecule is COCCNS(=O)(=O)c1cc(C(=O)NNC(=O)C(C)Oc2ccccc2F)ccc1OC. The Kier molecular flexibility index (Phi) is 8.93. The van der Waals surface area contributed by atoms with Crippen molar-refractivity contribution in [1.29, 1.82) is 0 Å². The van der Waals surface area contributed by atoms with E-state index in [-0.39, 0.29) is 35.1 Å². The van der Waals surface area contributed by atoms with E-state index in [1.807, 2.05) is 0 Å². The second-order valence-corrected chi connectivity index (χ2v) is 8.13. The summed E-state index contributed by atoms with van der Waals surface area (Å²) in [6, 6.07) is 9.31. The fourth-order valence-electron chi connectivity index (χ4n) is 2.46. The van der Waals surface area contributed by atoms with E-state index < -0.39 is 33.8 Å². The van der Waals surface area contributed by atoms with E-state index in [0.717, 1.165) is 6.07 Å². The van der Waals surface area contributed by atoms with Crippen molar-refractivity contribution in [2.75, 3.05) is 27.4 Å². The van der Waals surface area contributed by atoms with Crippen LogP contribution in [0, 0.1) is 5.82 Å². The molecule has 0 aliphatic heterocycles. The average Bonchev–Trinajstić information content (AvgIpc) is 2.78. The molecule has 1 unspecified atom stereocenters. The first kappa shape index (κ1) is 25.0. The topological polar surface area (TPSA) is 132 Å². The smallest absolute Gasteiger partial charge is 0.279 e. The van der Waals surface area contributed by atoms with Gasteiger partial charge in [0.2, 0.25) is 10.0 Å². The summed E-state index contributed by atoms with van der Waals surface area (Å²) in [4.78, 5) is 24.3. The largest absolute Gasteiger partial charge is 0.495 e. The van der Waals surface area contributed by atoms with Crippen LogP contribution in [0.3, 0.4) is 0 Å². The van der Waals surface area contributed by atoms with Crippen molar-refractivity contribution in [3.63, 3.8) is 0 Å². The number of methoxy groups -OCH3 is 2. The van der Waals surface area contributed by atoms with Gasteiger partial charge in [-0.15, -0.1) is 0 Å². The average molecular weight is 469 g/mol. The molecule has 10 nitrogen and oxygen atoms in total. The van der Waals surface area contributed by atoms with E-state index in [4.69, 9.17) is 14.2 Å². The first-order chi connectivity index (χ1) is 15.2. The molecule has 0 bridgehead atoms. The lowest BCUT2D eigenvalue weighted by atomic mass is 10.2. The Bertz CT molecular complexity index is 1060. The molecule has 0 fully saturated rings. The summed E-state index contributed by atoms with van der Waals surface area (Å²) >= 11 is 0. The first-order valence-electron chi connectivity index (χ1n) is 9.37. The van der Waals surface area contributed by atoms with E-state index >= 15 is 0 Å². The number of hydrogen-bond donors (Lipinski definition) is 3. The fourth-order valence-corrected chi connectivity index (χ4v) is 3.67. The summed E-state index contributed by atoms with van der Waals surface area (Å²) in [5.41, 5.74) is 4.26. The molecule has 1 atom stereocenters. The number of nitrogens with one attached hydrogen (secondary N) is 3. The van der Waals surface area contributed by atoms with E-state index in [2.05, 4.69) is 15.6 Å². The third-order valence-corrected chi connectivity index (χ3v) is 5.60. The van der Waals surface area contributed by atoms with Gasteiger partial charge in [-0.2, -0.15) is 0 Å². The minimum atomic E-state index is -3.99. The molecular weight excluding hydrogens is 445 g/mol. The Hall–Kier alpha value is -3.22. The number of amides is 2. The number of benzene rings is 2. The molecule has 2 aromatic rings. The maximum Gasteiger partial charge on any atom is 0.279 e. The van der Waals surface area contributed by atoms with Crippen molar-refractivity contribution in [2.45, 2.75) is 17.9 Å². The minimum absolute atomic E-state index is 0.0222. The summed E-state index contributed by atoms with van der Waals surface area (Å²) in [6.07, 6.45) is -1.12. The van der Waals surface area contributed by atoms with Gasteiger partial charge in [0, 0.05) is 19.2 Å². The summed E-state index contributed by atoms with van der Waals surface area (Å²) in [5.74, 6) is -2.26. The highest BCUT2D eigenvalue weighted by atomic mass is 32.2. The number of sulfonamides is 1. The van der Waals surface area contributed by atoms with Crippen molar-refractivity contribution in [1.82, 2.24) is 15.6 Å². The number of para-hydroxylation sites is 1. The zero-order valence-corrected chi connectivity index (χ0v) is 18.5. The van der Waals surface area contributed by atoms with Crippen molar-refractivity contribution >= 4 is 21.8 Å². The molecule has 2 amide bonds. The number of ether oxygens (including phenoxy) is 3. The van der Waals surface area contributed by atoms with Gasteiger partial charge in [0.15, 0.2) is 17.7 Å². The molecule has 3 N–H and O–H groups in total. The Labute approximate surface area is 185 Å². The number of hydrazine groups is 1. The van der Waals surface area contributed by atoms with Crippen molar-refractivity contribution in [3.8, 4) is 11.5 Å². The van der Waals surface area contributed by atoms with Gasteiger partial charge in [-0.25, -0.2) is 17.5 Å². The first-order valence-corrected chi connectivity index (χ1v) is 10.9. The summed E-state index contributed by atoms with van der Waals surface area (Å²) < 4.78 is 56.1. The zero-order chi connectivity index (χ0) is 23.7. The van der Waals surface area contributed by atoms with Crippen LogP contribution >= 0.6 is 0 Å². The molecule has 0 aliphatic carbocycles. The normalized spacial score (nSPS) is 12.0. The molecule has 12 heteroatoms. The van der Waals surface area contributed by atoms with Gasteiger partial charge in [-0.05, 0) is 37.3 Å². The van der Waals surface area contributed by atoms with E-state index in [0.29, 0.717) is 0 Å². The number of carbonyl (C=O) groups is 2. The third kappa shape index (κ3) is 6.64. The zero-order valence-electron chi connectivity index (χ0n) is 17.7. The number of rotatable bonds is 10. The molecule has 0 spiro atoms. The molecule has 0 heterocycles. The van der Waals surface area contributed by atoms with Gasteiger partial charge in [-0.1, -0.05) is 12.1 Å². The molecule has 0 aliphatic rings. The van der Waals surface area contributed by atoms with Crippen LogP contribution in [-0.4, -0.2) is 53.7 Å². The van der Waals surface area contributed by atoms with Crippen LogP contribution in [0.2, 0.25) is 0 Å². The Morgan fingerprint density at radius 1 is 1.06 bits per heavy atom. The summed E-state index contributed by atoms with van der Waals surface area (Å²) in [6.45, 7) is 1.55. The standard InChI is InChI=1S/C20H24FN3O7S/c1-13(31-16-7-5-4-6-15(16)21)19(25)23-24-20(26)14-8-9-17(30-3)18(12-14)32(27,28)22-10-11-29-2/h4-9,12-13,22H,10-11H2,1-3H3,(H,23,25)(H,24,26).